The Morgan fingerprint density at radius 3 is 3.04 bits per heavy atom. The van der Waals surface area contributed by atoms with Crippen LogP contribution in [0.25, 0.3) is 0 Å². The maximum atomic E-state index is 11.2. The number of carbonyl (C=O) groups is 1. The van der Waals surface area contributed by atoms with Crippen LogP contribution in [0.1, 0.15) is 19.0 Å². The van der Waals surface area contributed by atoms with Crippen molar-refractivity contribution in [2.45, 2.75) is 19.1 Å². The Kier molecular flexibility index (Phi) is 9.25. The summed E-state index contributed by atoms with van der Waals surface area (Å²) in [6, 6.07) is 0. The van der Waals surface area contributed by atoms with E-state index in [1.807, 2.05) is 5.38 Å². The molecule has 0 radical (unpaired) electrons. The van der Waals surface area contributed by atoms with E-state index < -0.39 is 0 Å². The molecule has 130 valence electrons. The molecule has 0 fully saturated rings. The first-order valence-electron chi connectivity index (χ1n) is 7.15. The van der Waals surface area contributed by atoms with Crippen LogP contribution in [0.4, 0.5) is 5.13 Å². The highest BCUT2D eigenvalue weighted by Crippen LogP contribution is 2.19. The second-order valence-electron chi connectivity index (χ2n) is 4.34. The van der Waals surface area contributed by atoms with Gasteiger partial charge in [-0.1, -0.05) is 6.92 Å². The fourth-order valence-electron chi connectivity index (χ4n) is 1.45. The molecule has 24 heavy (non-hydrogen) atoms. The molecule has 0 spiro atoms. The highest BCUT2D eigenvalue weighted by molar-refractivity contribution is 7.98. The van der Waals surface area contributed by atoms with Crippen LogP contribution in [0.2, 0.25) is 0 Å². The summed E-state index contributed by atoms with van der Waals surface area (Å²) in [6.07, 6.45) is 2.04. The van der Waals surface area contributed by atoms with Crippen LogP contribution in [0.3, 0.4) is 0 Å². The average molecular weight is 368 g/mol. The number of amides is 1. The summed E-state index contributed by atoms with van der Waals surface area (Å²) in [7, 11) is 1.70. The number of thiazole rings is 1. The summed E-state index contributed by atoms with van der Waals surface area (Å²) >= 11 is 3.07. The van der Waals surface area contributed by atoms with E-state index in [1.165, 1.54) is 11.3 Å². The monoisotopic (exact) mass is 368 g/mol. The standard InChI is InChI=1S/C13H20N8OS2/c1-3-10(22)20-11(15)21-13-19-9(7-24-13)6-23-5-4-17-12(16-2)18-8-14/h7H,3-6H2,1-2H3,(H2,16,17,18)(H3,15,19,20,21,22). The Hall–Kier alpha value is -2.32. The Balaban J connectivity index is 2.27. The van der Waals surface area contributed by atoms with Crippen LogP contribution in [-0.4, -0.2) is 42.2 Å². The summed E-state index contributed by atoms with van der Waals surface area (Å²) in [5, 5.41) is 29.5. The number of nitrogens with zero attached hydrogens (tertiary/aromatic N) is 3. The summed E-state index contributed by atoms with van der Waals surface area (Å²) in [5.41, 5.74) is 0.904. The van der Waals surface area contributed by atoms with Crippen molar-refractivity contribution in [3.8, 4) is 6.19 Å². The molecule has 9 nitrogen and oxygen atoms in total. The number of nitriles is 1. The normalized spacial score (nSPS) is 10.6. The molecule has 0 aliphatic rings. The predicted molar refractivity (Wildman–Crippen MR) is 98.2 cm³/mol. The molecular formula is C13H20N8OS2. The van der Waals surface area contributed by atoms with Gasteiger partial charge in [0.1, 0.15) is 0 Å². The highest BCUT2D eigenvalue weighted by Gasteiger charge is 2.06. The molecule has 0 saturated heterocycles. The lowest BCUT2D eigenvalue weighted by Crippen LogP contribution is -2.35. The Labute approximate surface area is 148 Å². The number of aliphatic imine (C=N–C) groups is 1. The van der Waals surface area contributed by atoms with E-state index >= 15 is 0 Å². The van der Waals surface area contributed by atoms with E-state index in [0.717, 1.165) is 17.2 Å². The lowest BCUT2D eigenvalue weighted by molar-refractivity contribution is -0.119. The SMILES string of the molecule is CCC(=O)NC(=N)Nc1nc(CSCCN/C(=N\C#N)NC)cs1. The molecule has 1 rings (SSSR count). The van der Waals surface area contributed by atoms with Gasteiger partial charge in [0.2, 0.25) is 24.0 Å². The summed E-state index contributed by atoms with van der Waals surface area (Å²) in [5.74, 6) is 1.73. The van der Waals surface area contributed by atoms with Crippen LogP contribution < -0.4 is 21.3 Å². The smallest absolute Gasteiger partial charge is 0.226 e. The fraction of sp³-hybridized carbons (Fsp3) is 0.462. The lowest BCUT2D eigenvalue weighted by atomic mass is 10.5. The van der Waals surface area contributed by atoms with Gasteiger partial charge in [-0.05, 0) is 0 Å². The molecule has 0 saturated carbocycles. The lowest BCUT2D eigenvalue weighted by Gasteiger charge is -2.06. The molecule has 11 heteroatoms. The van der Waals surface area contributed by atoms with Gasteiger partial charge in [0.05, 0.1) is 5.69 Å². The minimum Gasteiger partial charge on any atom is -0.359 e. The van der Waals surface area contributed by atoms with Gasteiger partial charge in [0.15, 0.2) is 5.13 Å². The van der Waals surface area contributed by atoms with Crippen LogP contribution in [0, 0.1) is 16.9 Å². The van der Waals surface area contributed by atoms with E-state index in [1.54, 1.807) is 31.9 Å². The number of anilines is 1. The zero-order valence-electron chi connectivity index (χ0n) is 13.5. The van der Waals surface area contributed by atoms with E-state index in [0.29, 0.717) is 24.1 Å². The zero-order chi connectivity index (χ0) is 17.8. The van der Waals surface area contributed by atoms with Crippen molar-refractivity contribution in [2.75, 3.05) is 24.7 Å². The minimum absolute atomic E-state index is 0.0732. The number of hydrogen-bond acceptors (Lipinski definition) is 7. The third kappa shape index (κ3) is 7.80. The maximum absolute atomic E-state index is 11.2. The minimum atomic E-state index is -0.215. The van der Waals surface area contributed by atoms with Crippen molar-refractivity contribution < 1.29 is 4.79 Å². The van der Waals surface area contributed by atoms with Crippen molar-refractivity contribution in [1.82, 2.24) is 20.9 Å². The van der Waals surface area contributed by atoms with Crippen molar-refractivity contribution >= 4 is 46.1 Å². The molecule has 0 bridgehead atoms. The predicted octanol–water partition coefficient (Wildman–Crippen LogP) is 0.895. The van der Waals surface area contributed by atoms with Gasteiger partial charge in [-0.3, -0.25) is 15.5 Å². The second kappa shape index (κ2) is 11.3. The quantitative estimate of drug-likeness (QED) is 0.208. The van der Waals surface area contributed by atoms with Gasteiger partial charge >= 0.3 is 0 Å². The number of guanidine groups is 2. The van der Waals surface area contributed by atoms with Crippen molar-refractivity contribution in [3.63, 3.8) is 0 Å². The van der Waals surface area contributed by atoms with Gasteiger partial charge in [-0.2, -0.15) is 17.0 Å². The van der Waals surface area contributed by atoms with Gasteiger partial charge in [0.25, 0.3) is 0 Å². The number of hydrogen-bond donors (Lipinski definition) is 5. The molecule has 1 aromatic heterocycles. The summed E-state index contributed by atoms with van der Waals surface area (Å²) < 4.78 is 0. The molecule has 0 aromatic carbocycles. The first-order valence-corrected chi connectivity index (χ1v) is 9.18. The molecule has 0 aliphatic carbocycles. The van der Waals surface area contributed by atoms with Gasteiger partial charge in [-0.25, -0.2) is 4.98 Å². The maximum Gasteiger partial charge on any atom is 0.226 e. The first-order chi connectivity index (χ1) is 11.6. The Morgan fingerprint density at radius 2 is 2.38 bits per heavy atom. The van der Waals surface area contributed by atoms with E-state index in [2.05, 4.69) is 31.2 Å². The number of nitrogens with one attached hydrogen (secondary N) is 5. The fourth-order valence-corrected chi connectivity index (χ4v) is 3.02. The Morgan fingerprint density at radius 1 is 1.58 bits per heavy atom. The van der Waals surface area contributed by atoms with E-state index in [4.69, 9.17) is 10.7 Å². The molecule has 0 aliphatic heterocycles. The van der Waals surface area contributed by atoms with Crippen LogP contribution >= 0.6 is 23.1 Å². The zero-order valence-corrected chi connectivity index (χ0v) is 15.1. The van der Waals surface area contributed by atoms with Gasteiger partial charge < -0.3 is 16.0 Å². The third-order valence-corrected chi connectivity index (χ3v) is 4.36. The third-order valence-electron chi connectivity index (χ3n) is 2.56. The van der Waals surface area contributed by atoms with Crippen LogP contribution in [0.5, 0.6) is 0 Å². The number of aromatic nitrogens is 1. The topological polar surface area (TPSA) is 138 Å². The van der Waals surface area contributed by atoms with E-state index in [9.17, 15) is 4.79 Å². The highest BCUT2D eigenvalue weighted by atomic mass is 32.2. The van der Waals surface area contributed by atoms with Crippen LogP contribution in [0.15, 0.2) is 10.4 Å². The number of thioether (sulfide) groups is 1. The van der Waals surface area contributed by atoms with E-state index in [-0.39, 0.29) is 11.9 Å². The molecule has 0 atom stereocenters. The molecule has 5 N–H and O–H groups in total. The van der Waals surface area contributed by atoms with Crippen molar-refractivity contribution in [1.29, 1.82) is 10.7 Å². The summed E-state index contributed by atoms with van der Waals surface area (Å²) in [6.45, 7) is 2.40. The number of rotatable bonds is 7. The van der Waals surface area contributed by atoms with Crippen molar-refractivity contribution in [2.24, 2.45) is 4.99 Å². The average Bonchev–Trinajstić information content (AvgIpc) is 3.00. The largest absolute Gasteiger partial charge is 0.359 e. The summed E-state index contributed by atoms with van der Waals surface area (Å²) in [4.78, 5) is 19.1. The molecular weight excluding hydrogens is 348 g/mol. The Bertz CT molecular complexity index is 622. The molecule has 1 aromatic rings. The first kappa shape index (κ1) is 19.7. The van der Waals surface area contributed by atoms with Crippen LogP contribution in [-0.2, 0) is 10.5 Å². The number of carbonyl (C=O) groups excluding carboxylic acids is 1. The molecule has 0 unspecified atom stereocenters. The molecule has 1 heterocycles. The van der Waals surface area contributed by atoms with Gasteiger partial charge in [0, 0.05) is 36.9 Å². The van der Waals surface area contributed by atoms with Gasteiger partial charge in [-0.15, -0.1) is 16.3 Å². The van der Waals surface area contributed by atoms with Crippen molar-refractivity contribution in [3.05, 3.63) is 11.1 Å². The molecule has 1 amide bonds. The second-order valence-corrected chi connectivity index (χ2v) is 6.30.